The highest BCUT2D eigenvalue weighted by Crippen LogP contribution is 2.30. The Morgan fingerprint density at radius 3 is 1.53 bits per heavy atom. The van der Waals surface area contributed by atoms with Crippen molar-refractivity contribution in [1.82, 2.24) is 0 Å². The topological polar surface area (TPSA) is 17.1 Å². The molecule has 98 valence electrons. The van der Waals surface area contributed by atoms with Crippen molar-refractivity contribution in [1.29, 1.82) is 0 Å². The average molecular weight is 314 g/mol. The number of benzene rings is 2. The summed E-state index contributed by atoms with van der Waals surface area (Å²) in [6.45, 7) is 0. The highest BCUT2D eigenvalue weighted by molar-refractivity contribution is 6.63. The summed E-state index contributed by atoms with van der Waals surface area (Å²) in [6, 6.07) is 14.8. The largest absolute Gasteiger partial charge is 0.281 e. The fraction of sp³-hybridized carbons (Fsp3) is 0.133. The molecule has 2 aromatic rings. The van der Waals surface area contributed by atoms with Crippen molar-refractivity contribution in [2.24, 2.45) is 0 Å². The van der Waals surface area contributed by atoms with Crippen LogP contribution in [0, 0.1) is 0 Å². The maximum absolute atomic E-state index is 11.2. The van der Waals surface area contributed by atoms with E-state index in [1.165, 1.54) is 0 Å². The van der Waals surface area contributed by atoms with Gasteiger partial charge in [0.25, 0.3) is 0 Å². The monoisotopic (exact) mass is 312 g/mol. The van der Waals surface area contributed by atoms with Gasteiger partial charge in [-0.2, -0.15) is 0 Å². The number of carbonyl (C=O) groups is 1. The molecule has 1 nitrogen and oxygen atoms in total. The smallest absolute Gasteiger partial charge is 0.222 e. The molecule has 0 saturated carbocycles. The lowest BCUT2D eigenvalue weighted by atomic mass is 9.89. The molecule has 0 saturated heterocycles. The summed E-state index contributed by atoms with van der Waals surface area (Å²) >= 11 is 17.3. The third-order valence-corrected chi connectivity index (χ3v) is 3.57. The summed E-state index contributed by atoms with van der Waals surface area (Å²) in [5, 5.41) is 0.960. The number of halogens is 3. The van der Waals surface area contributed by atoms with Crippen molar-refractivity contribution in [3.8, 4) is 0 Å². The van der Waals surface area contributed by atoms with Crippen LogP contribution in [0.1, 0.15) is 23.5 Å². The maximum Gasteiger partial charge on any atom is 0.222 e. The maximum atomic E-state index is 11.2. The Morgan fingerprint density at radius 2 is 1.21 bits per heavy atom. The van der Waals surface area contributed by atoms with E-state index in [0.29, 0.717) is 10.0 Å². The van der Waals surface area contributed by atoms with E-state index in [9.17, 15) is 4.79 Å². The van der Waals surface area contributed by atoms with Crippen LogP contribution >= 0.6 is 34.8 Å². The lowest BCUT2D eigenvalue weighted by Gasteiger charge is -2.16. The fourth-order valence-electron chi connectivity index (χ4n) is 1.98. The Bertz CT molecular complexity index is 515. The molecule has 0 radical (unpaired) electrons. The van der Waals surface area contributed by atoms with E-state index >= 15 is 0 Å². The van der Waals surface area contributed by atoms with Crippen LogP contribution in [-0.4, -0.2) is 5.24 Å². The van der Waals surface area contributed by atoms with Crippen LogP contribution in [0.25, 0.3) is 0 Å². The van der Waals surface area contributed by atoms with Crippen LogP contribution in [-0.2, 0) is 4.79 Å². The minimum Gasteiger partial charge on any atom is -0.281 e. The summed E-state index contributed by atoms with van der Waals surface area (Å²) in [4.78, 5) is 11.2. The Kier molecular flexibility index (Phi) is 4.87. The first-order chi connectivity index (χ1) is 9.06. The van der Waals surface area contributed by atoms with Crippen molar-refractivity contribution in [3.05, 3.63) is 69.7 Å². The van der Waals surface area contributed by atoms with Crippen molar-refractivity contribution in [2.45, 2.75) is 12.3 Å². The van der Waals surface area contributed by atoms with Crippen LogP contribution < -0.4 is 0 Å². The molecule has 0 spiro atoms. The van der Waals surface area contributed by atoms with E-state index in [4.69, 9.17) is 34.8 Å². The Morgan fingerprint density at radius 1 is 0.842 bits per heavy atom. The zero-order chi connectivity index (χ0) is 13.8. The zero-order valence-electron chi connectivity index (χ0n) is 9.95. The lowest BCUT2D eigenvalue weighted by Crippen LogP contribution is -2.04. The van der Waals surface area contributed by atoms with Gasteiger partial charge < -0.3 is 0 Å². The van der Waals surface area contributed by atoms with Gasteiger partial charge in [0.2, 0.25) is 5.24 Å². The fourth-order valence-corrected chi connectivity index (χ4v) is 2.39. The molecule has 0 aliphatic heterocycles. The van der Waals surface area contributed by atoms with Gasteiger partial charge in [0.1, 0.15) is 0 Å². The molecular weight excluding hydrogens is 303 g/mol. The van der Waals surface area contributed by atoms with Crippen molar-refractivity contribution >= 4 is 40.0 Å². The minimum absolute atomic E-state index is 0.0838. The minimum atomic E-state index is -0.366. The molecule has 0 aromatic heterocycles. The van der Waals surface area contributed by atoms with Gasteiger partial charge in [-0.05, 0) is 47.0 Å². The second-order valence-electron chi connectivity index (χ2n) is 4.21. The van der Waals surface area contributed by atoms with E-state index in [1.54, 1.807) is 24.3 Å². The molecule has 2 aromatic carbocycles. The van der Waals surface area contributed by atoms with Gasteiger partial charge in [-0.3, -0.25) is 4.79 Å². The number of hydrogen-bond acceptors (Lipinski definition) is 1. The molecule has 0 amide bonds. The van der Waals surface area contributed by atoms with Crippen molar-refractivity contribution in [3.63, 3.8) is 0 Å². The molecule has 2 rings (SSSR count). The first-order valence-electron chi connectivity index (χ1n) is 5.75. The van der Waals surface area contributed by atoms with E-state index in [0.717, 1.165) is 11.1 Å². The molecule has 0 aliphatic rings. The van der Waals surface area contributed by atoms with Crippen LogP contribution in [0.4, 0.5) is 0 Å². The first kappa shape index (κ1) is 14.4. The number of hydrogen-bond donors (Lipinski definition) is 0. The average Bonchev–Trinajstić information content (AvgIpc) is 2.38. The molecule has 0 fully saturated rings. The Labute approximate surface area is 127 Å². The quantitative estimate of drug-likeness (QED) is 0.702. The molecule has 19 heavy (non-hydrogen) atoms. The predicted molar refractivity (Wildman–Crippen MR) is 80.2 cm³/mol. The lowest BCUT2D eigenvalue weighted by molar-refractivity contribution is -0.111. The van der Waals surface area contributed by atoms with Crippen molar-refractivity contribution in [2.75, 3.05) is 0 Å². The van der Waals surface area contributed by atoms with Crippen LogP contribution in [0.3, 0.4) is 0 Å². The van der Waals surface area contributed by atoms with Crippen molar-refractivity contribution < 1.29 is 4.79 Å². The zero-order valence-corrected chi connectivity index (χ0v) is 12.2. The molecule has 0 heterocycles. The van der Waals surface area contributed by atoms with E-state index in [1.807, 2.05) is 24.3 Å². The number of carbonyl (C=O) groups excluding carboxylic acids is 1. The van der Waals surface area contributed by atoms with Crippen LogP contribution in [0.15, 0.2) is 48.5 Å². The van der Waals surface area contributed by atoms with E-state index < -0.39 is 0 Å². The summed E-state index contributed by atoms with van der Waals surface area (Å²) in [5.74, 6) is -0.0838. The van der Waals surface area contributed by atoms with Gasteiger partial charge in [0, 0.05) is 22.4 Å². The molecule has 0 aliphatic carbocycles. The standard InChI is InChI=1S/C15H11Cl3O/c16-12-5-1-10(2-6-12)14(9-15(18)19)11-3-7-13(17)8-4-11/h1-8,14H,9H2. The summed E-state index contributed by atoms with van der Waals surface area (Å²) < 4.78 is 0. The van der Waals surface area contributed by atoms with E-state index in [2.05, 4.69) is 0 Å². The second kappa shape index (κ2) is 6.42. The number of rotatable bonds is 4. The highest BCUT2D eigenvalue weighted by atomic mass is 35.5. The van der Waals surface area contributed by atoms with Gasteiger partial charge in [-0.1, -0.05) is 47.5 Å². The SMILES string of the molecule is O=C(Cl)CC(c1ccc(Cl)cc1)c1ccc(Cl)cc1. The molecule has 0 bridgehead atoms. The summed E-state index contributed by atoms with van der Waals surface area (Å²) in [7, 11) is 0. The first-order valence-corrected chi connectivity index (χ1v) is 6.89. The molecule has 0 N–H and O–H groups in total. The normalized spacial score (nSPS) is 10.7. The third-order valence-electron chi connectivity index (χ3n) is 2.91. The highest BCUT2D eigenvalue weighted by Gasteiger charge is 2.17. The molecular formula is C15H11Cl3O. The molecule has 4 heteroatoms. The van der Waals surface area contributed by atoms with Gasteiger partial charge in [-0.25, -0.2) is 0 Å². The Hall–Kier alpha value is -1.02. The summed E-state index contributed by atoms with van der Waals surface area (Å²) in [6.07, 6.45) is 0.241. The van der Waals surface area contributed by atoms with Gasteiger partial charge in [-0.15, -0.1) is 0 Å². The van der Waals surface area contributed by atoms with Crippen LogP contribution in [0.2, 0.25) is 10.0 Å². The van der Waals surface area contributed by atoms with Gasteiger partial charge >= 0.3 is 0 Å². The second-order valence-corrected chi connectivity index (χ2v) is 5.51. The summed E-state index contributed by atoms with van der Waals surface area (Å²) in [5.41, 5.74) is 2.00. The van der Waals surface area contributed by atoms with Gasteiger partial charge in [0.05, 0.1) is 0 Å². The Balaban J connectivity index is 2.37. The van der Waals surface area contributed by atoms with E-state index in [-0.39, 0.29) is 17.6 Å². The predicted octanol–water partition coefficient (Wildman–Crippen LogP) is 5.28. The van der Waals surface area contributed by atoms with Gasteiger partial charge in [0.15, 0.2) is 0 Å². The molecule has 0 unspecified atom stereocenters. The van der Waals surface area contributed by atoms with Crippen LogP contribution in [0.5, 0.6) is 0 Å². The third kappa shape index (κ3) is 3.97. The molecule has 0 atom stereocenters.